The van der Waals surface area contributed by atoms with E-state index in [2.05, 4.69) is 18.8 Å². The Balaban J connectivity index is 2.54. The lowest BCUT2D eigenvalue weighted by Gasteiger charge is -1.99. The molecule has 16 heavy (non-hydrogen) atoms. The molecule has 0 amide bonds. The smallest absolute Gasteiger partial charge is 0.255 e. The first-order chi connectivity index (χ1) is 7.66. The van der Waals surface area contributed by atoms with E-state index < -0.39 is 0 Å². The van der Waals surface area contributed by atoms with E-state index in [1.54, 1.807) is 0 Å². The predicted molar refractivity (Wildman–Crippen MR) is 68.4 cm³/mol. The van der Waals surface area contributed by atoms with Gasteiger partial charge in [0, 0.05) is 11.1 Å². The molecule has 1 heterocycles. The van der Waals surface area contributed by atoms with Gasteiger partial charge in [-0.05, 0) is 23.4 Å². The van der Waals surface area contributed by atoms with Gasteiger partial charge >= 0.3 is 0 Å². The topological polar surface area (TPSA) is 32.9 Å². The van der Waals surface area contributed by atoms with Crippen LogP contribution in [0.2, 0.25) is 0 Å². The molecule has 0 saturated heterocycles. The predicted octanol–water partition coefficient (Wildman–Crippen LogP) is 3.20. The molecule has 0 saturated carbocycles. The van der Waals surface area contributed by atoms with Crippen LogP contribution in [0.5, 0.6) is 0 Å². The molecule has 0 radical (unpaired) electrons. The van der Waals surface area contributed by atoms with Crippen molar-refractivity contribution in [1.82, 2.24) is 4.98 Å². The summed E-state index contributed by atoms with van der Waals surface area (Å²) in [7, 11) is 0. The first-order valence-corrected chi connectivity index (χ1v) is 5.47. The minimum Gasteiger partial charge on any atom is -0.321 e. The molecule has 2 nitrogen and oxygen atoms in total. The summed E-state index contributed by atoms with van der Waals surface area (Å²) in [6, 6.07) is 9.72. The van der Waals surface area contributed by atoms with Crippen molar-refractivity contribution in [3.63, 3.8) is 0 Å². The lowest BCUT2D eigenvalue weighted by molar-refractivity contribution is 0.836. The van der Waals surface area contributed by atoms with E-state index in [9.17, 15) is 4.79 Å². The van der Waals surface area contributed by atoms with E-state index in [0.717, 1.165) is 10.9 Å². The molecule has 1 aromatic carbocycles. The highest BCUT2D eigenvalue weighted by Crippen LogP contribution is 2.11. The van der Waals surface area contributed by atoms with Gasteiger partial charge in [-0.25, -0.2) is 0 Å². The molecule has 0 fully saturated rings. The van der Waals surface area contributed by atoms with Crippen LogP contribution in [0.4, 0.5) is 0 Å². The average Bonchev–Trinajstić information content (AvgIpc) is 2.26. The number of hydrogen-bond donors (Lipinski definition) is 1. The van der Waals surface area contributed by atoms with E-state index in [4.69, 9.17) is 0 Å². The van der Waals surface area contributed by atoms with Crippen LogP contribution in [0, 0.1) is 5.92 Å². The minimum absolute atomic E-state index is 0.0319. The summed E-state index contributed by atoms with van der Waals surface area (Å²) in [6.45, 7) is 4.18. The Morgan fingerprint density at radius 2 is 2.00 bits per heavy atom. The summed E-state index contributed by atoms with van der Waals surface area (Å²) in [5.74, 6) is 0.450. The van der Waals surface area contributed by atoms with E-state index in [1.165, 1.54) is 0 Å². The zero-order valence-electron chi connectivity index (χ0n) is 9.53. The number of pyridine rings is 1. The van der Waals surface area contributed by atoms with Crippen molar-refractivity contribution in [3.8, 4) is 0 Å². The van der Waals surface area contributed by atoms with E-state index in [-0.39, 0.29) is 5.56 Å². The summed E-state index contributed by atoms with van der Waals surface area (Å²) < 4.78 is 0. The number of hydrogen-bond acceptors (Lipinski definition) is 1. The molecular formula is C14H15NO. The van der Waals surface area contributed by atoms with Crippen LogP contribution in [0.3, 0.4) is 0 Å². The molecule has 1 N–H and O–H groups in total. The molecule has 0 aliphatic carbocycles. The number of fused-ring (bicyclic) bond motifs is 1. The zero-order chi connectivity index (χ0) is 11.5. The van der Waals surface area contributed by atoms with Gasteiger partial charge in [-0.1, -0.05) is 44.2 Å². The van der Waals surface area contributed by atoms with Gasteiger partial charge < -0.3 is 4.98 Å². The fourth-order valence-electron chi connectivity index (χ4n) is 1.58. The second-order valence-corrected chi connectivity index (χ2v) is 4.24. The Hall–Kier alpha value is -1.83. The summed E-state index contributed by atoms with van der Waals surface area (Å²) in [4.78, 5) is 14.6. The Morgan fingerprint density at radius 3 is 2.75 bits per heavy atom. The maximum absolute atomic E-state index is 11.7. The Morgan fingerprint density at radius 1 is 1.25 bits per heavy atom. The van der Waals surface area contributed by atoms with E-state index in [0.29, 0.717) is 11.5 Å². The monoisotopic (exact) mass is 213 g/mol. The molecule has 2 aromatic rings. The van der Waals surface area contributed by atoms with Crippen LogP contribution in [0.1, 0.15) is 19.4 Å². The highest BCUT2D eigenvalue weighted by molar-refractivity contribution is 5.80. The highest BCUT2D eigenvalue weighted by Gasteiger charge is 1.99. The van der Waals surface area contributed by atoms with Crippen molar-refractivity contribution >= 4 is 17.0 Å². The lowest BCUT2D eigenvalue weighted by atomic mass is 10.1. The third-order valence-corrected chi connectivity index (χ3v) is 2.44. The summed E-state index contributed by atoms with van der Waals surface area (Å²) >= 11 is 0. The minimum atomic E-state index is -0.0319. The van der Waals surface area contributed by atoms with Gasteiger partial charge in [0.1, 0.15) is 0 Å². The van der Waals surface area contributed by atoms with Crippen LogP contribution in [-0.4, -0.2) is 4.98 Å². The number of benzene rings is 1. The van der Waals surface area contributed by atoms with Gasteiger partial charge in [0.2, 0.25) is 0 Å². The van der Waals surface area contributed by atoms with Gasteiger partial charge in [0.05, 0.1) is 0 Å². The van der Waals surface area contributed by atoms with E-state index in [1.807, 2.05) is 42.5 Å². The Bertz CT molecular complexity index is 579. The van der Waals surface area contributed by atoms with Crippen molar-refractivity contribution in [2.24, 2.45) is 5.92 Å². The Labute approximate surface area is 94.6 Å². The summed E-state index contributed by atoms with van der Waals surface area (Å²) in [6.07, 6.45) is 3.91. The molecular weight excluding hydrogens is 198 g/mol. The molecule has 2 heteroatoms. The standard InChI is InChI=1S/C14H15NO/c1-10(2)7-8-12-9-11-5-3-4-6-13(11)15-14(12)16/h3-10H,1-2H3,(H,15,16)/b8-7+. The number of H-pyrrole nitrogens is 1. The average molecular weight is 213 g/mol. The molecule has 2 rings (SSSR count). The summed E-state index contributed by atoms with van der Waals surface area (Å²) in [5, 5.41) is 1.06. The van der Waals surface area contributed by atoms with Crippen molar-refractivity contribution in [2.75, 3.05) is 0 Å². The molecule has 0 spiro atoms. The molecule has 0 aliphatic heterocycles. The highest BCUT2D eigenvalue weighted by atomic mass is 16.1. The SMILES string of the molecule is CC(C)/C=C/c1cc2ccccc2[nH]c1=O. The third-order valence-electron chi connectivity index (χ3n) is 2.44. The number of rotatable bonds is 2. The van der Waals surface area contributed by atoms with E-state index >= 15 is 0 Å². The maximum Gasteiger partial charge on any atom is 0.255 e. The van der Waals surface area contributed by atoms with Crippen LogP contribution in [0.15, 0.2) is 41.2 Å². The van der Waals surface area contributed by atoms with Crippen molar-refractivity contribution in [2.45, 2.75) is 13.8 Å². The fraction of sp³-hybridized carbons (Fsp3) is 0.214. The molecule has 1 aromatic heterocycles. The van der Waals surface area contributed by atoms with Gasteiger partial charge in [-0.2, -0.15) is 0 Å². The van der Waals surface area contributed by atoms with Crippen molar-refractivity contribution < 1.29 is 0 Å². The number of nitrogens with one attached hydrogen (secondary N) is 1. The number of allylic oxidation sites excluding steroid dienone is 1. The first kappa shape index (κ1) is 10.7. The molecule has 0 bridgehead atoms. The van der Waals surface area contributed by atoms with Crippen LogP contribution in [-0.2, 0) is 0 Å². The molecule has 0 atom stereocenters. The third kappa shape index (κ3) is 2.22. The van der Waals surface area contributed by atoms with Crippen molar-refractivity contribution in [1.29, 1.82) is 0 Å². The number of aromatic amines is 1. The van der Waals surface area contributed by atoms with Crippen LogP contribution < -0.4 is 5.56 Å². The lowest BCUT2D eigenvalue weighted by Crippen LogP contribution is -2.08. The van der Waals surface area contributed by atoms with Gasteiger partial charge in [-0.3, -0.25) is 4.79 Å². The largest absolute Gasteiger partial charge is 0.321 e. The first-order valence-electron chi connectivity index (χ1n) is 5.47. The molecule has 82 valence electrons. The quantitative estimate of drug-likeness (QED) is 0.816. The fourth-order valence-corrected chi connectivity index (χ4v) is 1.58. The molecule has 0 unspecified atom stereocenters. The van der Waals surface area contributed by atoms with Crippen molar-refractivity contribution in [3.05, 3.63) is 52.3 Å². The number of para-hydroxylation sites is 1. The second-order valence-electron chi connectivity index (χ2n) is 4.24. The van der Waals surface area contributed by atoms with Gasteiger partial charge in [0.15, 0.2) is 0 Å². The Kier molecular flexibility index (Phi) is 2.91. The molecule has 0 aliphatic rings. The normalized spacial score (nSPS) is 11.7. The van der Waals surface area contributed by atoms with Crippen LogP contribution >= 0.6 is 0 Å². The number of aromatic nitrogens is 1. The zero-order valence-corrected chi connectivity index (χ0v) is 9.53. The van der Waals surface area contributed by atoms with Gasteiger partial charge in [-0.15, -0.1) is 0 Å². The van der Waals surface area contributed by atoms with Crippen LogP contribution in [0.25, 0.3) is 17.0 Å². The second kappa shape index (κ2) is 4.35. The summed E-state index contributed by atoms with van der Waals surface area (Å²) in [5.41, 5.74) is 1.57. The maximum atomic E-state index is 11.7. The van der Waals surface area contributed by atoms with Gasteiger partial charge in [0.25, 0.3) is 5.56 Å².